The number of piperidine rings is 1. The van der Waals surface area contributed by atoms with E-state index in [0.717, 1.165) is 12.8 Å². The second kappa shape index (κ2) is 9.77. The Kier molecular flexibility index (Phi) is 6.89. The molecule has 8 nitrogen and oxygen atoms in total. The zero-order valence-corrected chi connectivity index (χ0v) is 16.3. The van der Waals surface area contributed by atoms with Crippen molar-refractivity contribution in [3.63, 3.8) is 0 Å². The number of likely N-dealkylation sites (tertiary alicyclic amines) is 1. The molecular weight excluding hydrogens is 374 g/mol. The van der Waals surface area contributed by atoms with Crippen LogP contribution in [0.25, 0.3) is 0 Å². The van der Waals surface area contributed by atoms with Gasteiger partial charge in [-0.1, -0.05) is 0 Å². The molecule has 3 rings (SSSR count). The number of hydrogen-bond donors (Lipinski definition) is 2. The van der Waals surface area contributed by atoms with Crippen molar-refractivity contribution < 1.29 is 23.5 Å². The highest BCUT2D eigenvalue weighted by molar-refractivity contribution is 6.39. The molecule has 1 aromatic carbocycles. The highest BCUT2D eigenvalue weighted by Crippen LogP contribution is 2.19. The molecule has 0 atom stereocenters. The first kappa shape index (κ1) is 20.4. The molecule has 0 spiro atoms. The van der Waals surface area contributed by atoms with Crippen molar-refractivity contribution in [2.45, 2.75) is 19.8 Å². The first-order valence-electron chi connectivity index (χ1n) is 9.70. The molecule has 1 aromatic heterocycles. The van der Waals surface area contributed by atoms with Crippen LogP contribution in [0.4, 0.5) is 5.69 Å². The topological polar surface area (TPSA) is 101 Å². The van der Waals surface area contributed by atoms with E-state index in [4.69, 9.17) is 9.15 Å². The summed E-state index contributed by atoms with van der Waals surface area (Å²) in [6, 6.07) is 8.48. The number of benzene rings is 1. The number of nitrogens with one attached hydrogen (secondary N) is 2. The van der Waals surface area contributed by atoms with Crippen LogP contribution in [0.15, 0.2) is 47.3 Å². The number of rotatable bonds is 6. The largest absolute Gasteiger partial charge is 0.494 e. The van der Waals surface area contributed by atoms with Crippen LogP contribution in [-0.2, 0) is 9.59 Å². The van der Waals surface area contributed by atoms with Gasteiger partial charge in [0.15, 0.2) is 0 Å². The Morgan fingerprint density at radius 3 is 2.45 bits per heavy atom. The van der Waals surface area contributed by atoms with Crippen LogP contribution >= 0.6 is 0 Å². The standard InChI is InChI=1S/C21H25N3O5/c1-2-29-18-5-3-17(4-6-18)23-20(26)19(25)22-13-15-7-10-24(11-8-15)21(27)16-9-12-28-14-16/h3-6,9,12,14-15H,2,7-8,10-11,13H2,1H3,(H,22,25)(H,23,26). The van der Waals surface area contributed by atoms with E-state index in [-0.39, 0.29) is 11.8 Å². The van der Waals surface area contributed by atoms with Gasteiger partial charge in [-0.3, -0.25) is 14.4 Å². The van der Waals surface area contributed by atoms with Crippen molar-refractivity contribution in [1.82, 2.24) is 10.2 Å². The van der Waals surface area contributed by atoms with Crippen molar-refractivity contribution in [3.05, 3.63) is 48.4 Å². The third kappa shape index (κ3) is 5.60. The fourth-order valence-electron chi connectivity index (χ4n) is 3.22. The molecular formula is C21H25N3O5. The molecule has 2 heterocycles. The highest BCUT2D eigenvalue weighted by atomic mass is 16.5. The number of carbonyl (C=O) groups excluding carboxylic acids is 3. The van der Waals surface area contributed by atoms with Gasteiger partial charge in [-0.25, -0.2) is 0 Å². The highest BCUT2D eigenvalue weighted by Gasteiger charge is 2.25. The van der Waals surface area contributed by atoms with Gasteiger partial charge in [0, 0.05) is 25.3 Å². The molecule has 0 unspecified atom stereocenters. The fourth-order valence-corrected chi connectivity index (χ4v) is 3.22. The Morgan fingerprint density at radius 1 is 1.10 bits per heavy atom. The molecule has 1 aliphatic rings. The number of amides is 3. The Hall–Kier alpha value is -3.29. The van der Waals surface area contributed by atoms with E-state index in [1.165, 1.54) is 12.5 Å². The molecule has 8 heteroatoms. The summed E-state index contributed by atoms with van der Waals surface area (Å²) in [6.45, 7) is 4.08. The van der Waals surface area contributed by atoms with E-state index in [9.17, 15) is 14.4 Å². The van der Waals surface area contributed by atoms with Crippen LogP contribution in [0, 0.1) is 5.92 Å². The number of furan rings is 1. The maximum Gasteiger partial charge on any atom is 0.313 e. The minimum Gasteiger partial charge on any atom is -0.494 e. The first-order valence-corrected chi connectivity index (χ1v) is 9.70. The van der Waals surface area contributed by atoms with Gasteiger partial charge >= 0.3 is 11.8 Å². The lowest BCUT2D eigenvalue weighted by Crippen LogP contribution is -2.43. The van der Waals surface area contributed by atoms with E-state index < -0.39 is 11.8 Å². The molecule has 0 saturated carbocycles. The summed E-state index contributed by atoms with van der Waals surface area (Å²) in [4.78, 5) is 38.2. The molecule has 1 fully saturated rings. The summed E-state index contributed by atoms with van der Waals surface area (Å²) >= 11 is 0. The molecule has 2 N–H and O–H groups in total. The normalized spacial score (nSPS) is 14.3. The van der Waals surface area contributed by atoms with Crippen LogP contribution in [0.5, 0.6) is 5.75 Å². The summed E-state index contributed by atoms with van der Waals surface area (Å²) in [5.74, 6) is -0.494. The quantitative estimate of drug-likeness (QED) is 0.726. The van der Waals surface area contributed by atoms with E-state index in [2.05, 4.69) is 10.6 Å². The number of hydrogen-bond acceptors (Lipinski definition) is 5. The van der Waals surface area contributed by atoms with Crippen molar-refractivity contribution >= 4 is 23.4 Å². The Labute approximate surface area is 169 Å². The SMILES string of the molecule is CCOc1ccc(NC(=O)C(=O)NCC2CCN(C(=O)c3ccoc3)CC2)cc1. The van der Waals surface area contributed by atoms with Crippen LogP contribution in [0.1, 0.15) is 30.1 Å². The summed E-state index contributed by atoms with van der Waals surface area (Å²) in [7, 11) is 0. The average molecular weight is 399 g/mol. The van der Waals surface area contributed by atoms with Crippen LogP contribution in [0.3, 0.4) is 0 Å². The molecule has 1 aliphatic heterocycles. The van der Waals surface area contributed by atoms with Crippen molar-refractivity contribution in [2.24, 2.45) is 5.92 Å². The minimum atomic E-state index is -0.707. The molecule has 0 radical (unpaired) electrons. The van der Waals surface area contributed by atoms with E-state index in [0.29, 0.717) is 43.2 Å². The second-order valence-corrected chi connectivity index (χ2v) is 6.87. The monoisotopic (exact) mass is 399 g/mol. The Bertz CT molecular complexity index is 825. The first-order chi connectivity index (χ1) is 14.1. The average Bonchev–Trinajstić information content (AvgIpc) is 3.28. The second-order valence-electron chi connectivity index (χ2n) is 6.87. The van der Waals surface area contributed by atoms with Gasteiger partial charge in [0.05, 0.1) is 18.4 Å². The van der Waals surface area contributed by atoms with E-state index in [1.54, 1.807) is 35.2 Å². The summed E-state index contributed by atoms with van der Waals surface area (Å²) in [5.41, 5.74) is 1.07. The summed E-state index contributed by atoms with van der Waals surface area (Å²) < 4.78 is 10.3. The number of anilines is 1. The van der Waals surface area contributed by atoms with Gasteiger partial charge in [0.2, 0.25) is 0 Å². The zero-order valence-electron chi connectivity index (χ0n) is 16.3. The van der Waals surface area contributed by atoms with Gasteiger partial charge in [0.25, 0.3) is 5.91 Å². The molecule has 29 heavy (non-hydrogen) atoms. The maximum atomic E-state index is 12.3. The number of nitrogens with zero attached hydrogens (tertiary/aromatic N) is 1. The van der Waals surface area contributed by atoms with Gasteiger partial charge < -0.3 is 24.7 Å². The third-order valence-electron chi connectivity index (χ3n) is 4.85. The van der Waals surface area contributed by atoms with Crippen LogP contribution < -0.4 is 15.4 Å². The lowest BCUT2D eigenvalue weighted by Gasteiger charge is -2.31. The van der Waals surface area contributed by atoms with Gasteiger partial charge in [0.1, 0.15) is 12.0 Å². The molecule has 1 saturated heterocycles. The molecule has 0 aliphatic carbocycles. The Balaban J connectivity index is 1.39. The summed E-state index contributed by atoms with van der Waals surface area (Å²) in [5, 5.41) is 5.25. The number of carbonyl (C=O) groups is 3. The minimum absolute atomic E-state index is 0.0454. The van der Waals surface area contributed by atoms with Gasteiger partial charge in [-0.05, 0) is 56.0 Å². The van der Waals surface area contributed by atoms with Crippen molar-refractivity contribution in [3.8, 4) is 5.75 Å². The lowest BCUT2D eigenvalue weighted by atomic mass is 9.96. The molecule has 3 amide bonds. The smallest absolute Gasteiger partial charge is 0.313 e. The predicted molar refractivity (Wildman–Crippen MR) is 107 cm³/mol. The molecule has 0 bridgehead atoms. The van der Waals surface area contributed by atoms with Crippen molar-refractivity contribution in [1.29, 1.82) is 0 Å². The fraction of sp³-hybridized carbons (Fsp3) is 0.381. The Morgan fingerprint density at radius 2 is 1.83 bits per heavy atom. The van der Waals surface area contributed by atoms with Crippen molar-refractivity contribution in [2.75, 3.05) is 31.6 Å². The third-order valence-corrected chi connectivity index (χ3v) is 4.85. The predicted octanol–water partition coefficient (Wildman–Crippen LogP) is 2.29. The number of ether oxygens (including phenoxy) is 1. The molecule has 154 valence electrons. The van der Waals surface area contributed by atoms with E-state index in [1.807, 2.05) is 6.92 Å². The van der Waals surface area contributed by atoms with Gasteiger partial charge in [-0.2, -0.15) is 0 Å². The lowest BCUT2D eigenvalue weighted by molar-refractivity contribution is -0.136. The van der Waals surface area contributed by atoms with E-state index >= 15 is 0 Å². The zero-order chi connectivity index (χ0) is 20.6. The maximum absolute atomic E-state index is 12.3. The molecule has 2 aromatic rings. The van der Waals surface area contributed by atoms with Crippen LogP contribution in [0.2, 0.25) is 0 Å². The van der Waals surface area contributed by atoms with Gasteiger partial charge in [-0.15, -0.1) is 0 Å². The van der Waals surface area contributed by atoms with Crippen LogP contribution in [-0.4, -0.2) is 48.9 Å². The summed E-state index contributed by atoms with van der Waals surface area (Å²) in [6.07, 6.45) is 4.46.